The van der Waals surface area contributed by atoms with Crippen molar-refractivity contribution in [2.75, 3.05) is 6.54 Å². The van der Waals surface area contributed by atoms with Crippen molar-refractivity contribution in [3.63, 3.8) is 0 Å². The lowest BCUT2D eigenvalue weighted by Crippen LogP contribution is -2.26. The summed E-state index contributed by atoms with van der Waals surface area (Å²) >= 11 is 0. The number of halogens is 1. The van der Waals surface area contributed by atoms with Crippen LogP contribution in [0.1, 0.15) is 54.8 Å². The number of nitrogens with zero attached hydrogens (tertiary/aromatic N) is 4. The minimum absolute atomic E-state index is 0.224. The van der Waals surface area contributed by atoms with Gasteiger partial charge in [-0.1, -0.05) is 39.0 Å². The van der Waals surface area contributed by atoms with Gasteiger partial charge in [0.1, 0.15) is 17.5 Å². The molecule has 5 aromatic rings. The Morgan fingerprint density at radius 1 is 1.08 bits per heavy atom. The van der Waals surface area contributed by atoms with Gasteiger partial charge in [0.05, 0.1) is 16.6 Å². The van der Waals surface area contributed by atoms with Gasteiger partial charge in [-0.3, -0.25) is 9.20 Å². The number of amides is 1. The van der Waals surface area contributed by atoms with E-state index in [9.17, 15) is 9.18 Å². The largest absolute Gasteiger partial charge is 0.352 e. The van der Waals surface area contributed by atoms with Crippen molar-refractivity contribution in [1.29, 1.82) is 0 Å². The van der Waals surface area contributed by atoms with Crippen LogP contribution in [0.4, 0.5) is 4.39 Å². The molecule has 0 saturated carbocycles. The molecule has 2 aromatic carbocycles. The normalized spacial score (nSPS) is 11.9. The number of aryl methyl sites for hydroxylation is 2. The topological polar surface area (TPSA) is 88.0 Å². The van der Waals surface area contributed by atoms with E-state index in [1.165, 1.54) is 6.07 Å². The lowest BCUT2D eigenvalue weighted by atomic mass is 9.95. The second-order valence-electron chi connectivity index (χ2n) is 10.1. The molecule has 0 aliphatic rings. The number of hydrogen-bond acceptors (Lipinski definition) is 4. The number of hydrogen-bond donors (Lipinski definition) is 2. The molecule has 8 heteroatoms. The zero-order chi connectivity index (χ0) is 25.4. The molecule has 2 N–H and O–H groups in total. The maximum atomic E-state index is 13.9. The zero-order valence-electron chi connectivity index (χ0n) is 20.9. The highest BCUT2D eigenvalue weighted by Crippen LogP contribution is 2.28. The minimum atomic E-state index is -0.281. The van der Waals surface area contributed by atoms with Crippen LogP contribution in [0.2, 0.25) is 0 Å². The molecular weight excluding hydrogens is 455 g/mol. The molecule has 3 aromatic heterocycles. The third-order valence-electron chi connectivity index (χ3n) is 6.23. The van der Waals surface area contributed by atoms with E-state index in [0.717, 1.165) is 46.7 Å². The van der Waals surface area contributed by atoms with Crippen molar-refractivity contribution in [2.45, 2.75) is 46.0 Å². The molecule has 0 spiro atoms. The average Bonchev–Trinajstić information content (AvgIpc) is 3.46. The highest BCUT2D eigenvalue weighted by Gasteiger charge is 2.24. The van der Waals surface area contributed by atoms with Crippen LogP contribution >= 0.6 is 0 Å². The quantitative estimate of drug-likeness (QED) is 0.317. The maximum absolute atomic E-state index is 13.9. The van der Waals surface area contributed by atoms with E-state index in [1.807, 2.05) is 34.9 Å². The molecule has 0 aliphatic heterocycles. The Morgan fingerprint density at radius 2 is 1.89 bits per heavy atom. The molecule has 0 unspecified atom stereocenters. The number of carbonyl (C=O) groups is 1. The number of benzene rings is 2. The lowest BCUT2D eigenvalue weighted by molar-refractivity contribution is 0.0954. The van der Waals surface area contributed by atoms with Gasteiger partial charge in [0.2, 0.25) is 0 Å². The van der Waals surface area contributed by atoms with Gasteiger partial charge in [0.25, 0.3) is 5.91 Å². The van der Waals surface area contributed by atoms with E-state index in [4.69, 9.17) is 0 Å². The molecular formula is C28H29FN6O. The average molecular weight is 485 g/mol. The Bertz CT molecular complexity index is 1540. The van der Waals surface area contributed by atoms with Crippen molar-refractivity contribution in [3.8, 4) is 11.1 Å². The third-order valence-corrected chi connectivity index (χ3v) is 6.23. The molecule has 184 valence electrons. The molecule has 7 nitrogen and oxygen atoms in total. The van der Waals surface area contributed by atoms with Crippen molar-refractivity contribution in [3.05, 3.63) is 83.3 Å². The zero-order valence-corrected chi connectivity index (χ0v) is 20.9. The predicted octanol–water partition coefficient (Wildman–Crippen LogP) is 5.38. The second kappa shape index (κ2) is 9.18. The fourth-order valence-electron chi connectivity index (χ4n) is 4.33. The summed E-state index contributed by atoms with van der Waals surface area (Å²) in [6.45, 7) is 8.37. The van der Waals surface area contributed by atoms with Gasteiger partial charge >= 0.3 is 0 Å². The van der Waals surface area contributed by atoms with Gasteiger partial charge in [-0.05, 0) is 60.4 Å². The molecule has 36 heavy (non-hydrogen) atoms. The first kappa shape index (κ1) is 23.7. The van der Waals surface area contributed by atoms with Crippen LogP contribution in [-0.4, -0.2) is 37.0 Å². The Morgan fingerprint density at radius 3 is 2.64 bits per heavy atom. The first-order chi connectivity index (χ1) is 17.2. The Kier molecular flexibility index (Phi) is 6.04. The number of pyridine rings is 1. The summed E-state index contributed by atoms with van der Waals surface area (Å²) < 4.78 is 15.8. The first-order valence-electron chi connectivity index (χ1n) is 12.1. The Balaban J connectivity index is 1.40. The monoisotopic (exact) mass is 484 g/mol. The first-order valence-corrected chi connectivity index (χ1v) is 12.1. The van der Waals surface area contributed by atoms with E-state index >= 15 is 0 Å². The summed E-state index contributed by atoms with van der Waals surface area (Å²) in [7, 11) is 0. The number of imidazole rings is 1. The SMILES string of the molecule is Cc1cc(-c2cc(C(=O)NCCCc3nc4ccccc4[nH]3)c3nnc(C(C)(C)C)n3c2)ccc1F. The standard InChI is InChI=1S/C28H29FN6O/c1-17-14-18(11-12-21(17)29)19-15-20(25-33-34-27(28(2,3)4)35(25)16-19)26(36)30-13-7-10-24-31-22-8-5-6-9-23(22)32-24/h5-6,8-9,11-12,14-16H,7,10,13H2,1-4H3,(H,30,36)(H,31,32). The molecule has 0 saturated heterocycles. The predicted molar refractivity (Wildman–Crippen MR) is 139 cm³/mol. The molecule has 1 amide bonds. The van der Waals surface area contributed by atoms with Crippen LogP contribution in [0.5, 0.6) is 0 Å². The van der Waals surface area contributed by atoms with Crippen molar-refractivity contribution in [1.82, 2.24) is 29.9 Å². The number of aromatic nitrogens is 5. The van der Waals surface area contributed by atoms with Crippen molar-refractivity contribution >= 4 is 22.6 Å². The van der Waals surface area contributed by atoms with Crippen LogP contribution in [0.3, 0.4) is 0 Å². The van der Waals surface area contributed by atoms with Crippen LogP contribution in [0.25, 0.3) is 27.8 Å². The summed E-state index contributed by atoms with van der Waals surface area (Å²) in [5, 5.41) is 11.8. The lowest BCUT2D eigenvalue weighted by Gasteiger charge is -2.17. The van der Waals surface area contributed by atoms with Crippen LogP contribution in [-0.2, 0) is 11.8 Å². The number of carbonyl (C=O) groups excluding carboxylic acids is 1. The fraction of sp³-hybridized carbons (Fsp3) is 0.286. The number of H-pyrrole nitrogens is 1. The van der Waals surface area contributed by atoms with Crippen LogP contribution in [0, 0.1) is 12.7 Å². The number of fused-ring (bicyclic) bond motifs is 2. The molecule has 0 radical (unpaired) electrons. The third kappa shape index (κ3) is 4.58. The van der Waals surface area contributed by atoms with Gasteiger partial charge in [-0.25, -0.2) is 9.37 Å². The van der Waals surface area contributed by atoms with Gasteiger partial charge < -0.3 is 10.3 Å². The van der Waals surface area contributed by atoms with E-state index in [0.29, 0.717) is 23.3 Å². The van der Waals surface area contributed by atoms with Gasteiger partial charge in [-0.2, -0.15) is 0 Å². The molecule has 3 heterocycles. The van der Waals surface area contributed by atoms with E-state index in [2.05, 4.69) is 46.3 Å². The highest BCUT2D eigenvalue weighted by molar-refractivity contribution is 6.01. The fourth-order valence-corrected chi connectivity index (χ4v) is 4.33. The van der Waals surface area contributed by atoms with E-state index in [-0.39, 0.29) is 17.1 Å². The van der Waals surface area contributed by atoms with Crippen LogP contribution < -0.4 is 5.32 Å². The summed E-state index contributed by atoms with van der Waals surface area (Å²) in [5.74, 6) is 1.16. The van der Waals surface area contributed by atoms with E-state index in [1.54, 1.807) is 25.1 Å². The maximum Gasteiger partial charge on any atom is 0.255 e. The van der Waals surface area contributed by atoms with Crippen LogP contribution in [0.15, 0.2) is 54.7 Å². The van der Waals surface area contributed by atoms with Crippen molar-refractivity contribution < 1.29 is 9.18 Å². The molecule has 0 aliphatic carbocycles. The van der Waals surface area contributed by atoms with Gasteiger partial charge in [-0.15, -0.1) is 10.2 Å². The minimum Gasteiger partial charge on any atom is -0.352 e. The van der Waals surface area contributed by atoms with Crippen molar-refractivity contribution in [2.24, 2.45) is 0 Å². The summed E-state index contributed by atoms with van der Waals surface area (Å²) in [5.41, 5.74) is 4.76. The summed E-state index contributed by atoms with van der Waals surface area (Å²) in [6, 6.07) is 14.7. The second-order valence-corrected chi connectivity index (χ2v) is 10.1. The van der Waals surface area contributed by atoms with Gasteiger partial charge in [0, 0.05) is 24.6 Å². The Hall–Kier alpha value is -4.07. The van der Waals surface area contributed by atoms with Gasteiger partial charge in [0.15, 0.2) is 5.65 Å². The number of rotatable bonds is 6. The number of aromatic amines is 1. The molecule has 0 fully saturated rings. The summed E-state index contributed by atoms with van der Waals surface area (Å²) in [4.78, 5) is 21.2. The molecule has 5 rings (SSSR count). The Labute approximate surface area is 208 Å². The highest BCUT2D eigenvalue weighted by atomic mass is 19.1. The van der Waals surface area contributed by atoms with E-state index < -0.39 is 0 Å². The summed E-state index contributed by atoms with van der Waals surface area (Å²) in [6.07, 6.45) is 3.37. The molecule has 0 atom stereocenters. The molecule has 0 bridgehead atoms. The number of nitrogens with one attached hydrogen (secondary N) is 2. The number of para-hydroxylation sites is 2. The smallest absolute Gasteiger partial charge is 0.255 e.